The molecule has 0 aliphatic heterocycles. The number of hydrogen-bond donors (Lipinski definition) is 2. The zero-order chi connectivity index (χ0) is 13.0. The third-order valence-corrected chi connectivity index (χ3v) is 3.81. The fraction of sp³-hybridized carbons (Fsp3) is 0.308. The van der Waals surface area contributed by atoms with Gasteiger partial charge >= 0.3 is 0 Å². The molecule has 1 aromatic carbocycles. The summed E-state index contributed by atoms with van der Waals surface area (Å²) in [4.78, 5) is 4.43. The highest BCUT2D eigenvalue weighted by Crippen LogP contribution is 2.17. The summed E-state index contributed by atoms with van der Waals surface area (Å²) in [5.41, 5.74) is 8.94. The average Bonchev–Trinajstić information content (AvgIpc) is 2.69. The van der Waals surface area contributed by atoms with Gasteiger partial charge < -0.3 is 11.1 Å². The second-order valence-electron chi connectivity index (χ2n) is 4.18. The molecule has 0 atom stereocenters. The largest absolute Gasteiger partial charge is 0.399 e. The van der Waals surface area contributed by atoms with E-state index in [1.165, 1.54) is 11.3 Å². The molecule has 0 amide bonds. The lowest BCUT2D eigenvalue weighted by Crippen LogP contribution is -2.17. The molecule has 3 N–H and O–H groups in total. The second-order valence-corrected chi connectivity index (χ2v) is 6.16. The minimum absolute atomic E-state index is 0.788. The quantitative estimate of drug-likeness (QED) is 0.656. The molecule has 0 aliphatic rings. The van der Waals surface area contributed by atoms with Crippen LogP contribution in [0.5, 0.6) is 0 Å². The normalized spacial score (nSPS) is 10.8. The van der Waals surface area contributed by atoms with Gasteiger partial charge in [-0.05, 0) is 30.7 Å². The van der Waals surface area contributed by atoms with Gasteiger partial charge in [0.2, 0.25) is 0 Å². The van der Waals surface area contributed by atoms with Crippen LogP contribution in [-0.2, 0) is 13.0 Å². The number of nitrogens with zero attached hydrogens (tertiary/aromatic N) is 1. The maximum Gasteiger partial charge on any atom is 0.0897 e. The Bertz CT molecular complexity index is 504. The minimum atomic E-state index is 0.788. The van der Waals surface area contributed by atoms with Crippen LogP contribution in [0.15, 0.2) is 28.1 Å². The molecule has 0 saturated carbocycles. The van der Waals surface area contributed by atoms with Crippen LogP contribution in [-0.4, -0.2) is 11.5 Å². The van der Waals surface area contributed by atoms with E-state index in [0.717, 1.165) is 34.7 Å². The molecule has 0 fully saturated rings. The van der Waals surface area contributed by atoms with Crippen molar-refractivity contribution in [1.29, 1.82) is 0 Å². The van der Waals surface area contributed by atoms with Crippen LogP contribution in [0.4, 0.5) is 5.69 Å². The summed E-state index contributed by atoms with van der Waals surface area (Å²) in [6.07, 6.45) is 0.966. The maximum absolute atomic E-state index is 5.79. The van der Waals surface area contributed by atoms with Crippen molar-refractivity contribution in [3.63, 3.8) is 0 Å². The molecular weight excluding hydrogens is 310 g/mol. The van der Waals surface area contributed by atoms with Crippen LogP contribution in [0.3, 0.4) is 0 Å². The molecular formula is C13H16BrN3S. The zero-order valence-electron chi connectivity index (χ0n) is 10.2. The van der Waals surface area contributed by atoms with Crippen LogP contribution in [0.1, 0.15) is 16.3 Å². The third kappa shape index (κ3) is 4.08. The van der Waals surface area contributed by atoms with Crippen LogP contribution < -0.4 is 11.1 Å². The van der Waals surface area contributed by atoms with Gasteiger partial charge in [-0.3, -0.25) is 0 Å². The number of aryl methyl sites for hydroxylation is 1. The summed E-state index contributed by atoms with van der Waals surface area (Å²) >= 11 is 5.15. The Kier molecular flexibility index (Phi) is 4.74. The Morgan fingerprint density at radius 2 is 2.22 bits per heavy atom. The van der Waals surface area contributed by atoms with E-state index in [9.17, 15) is 0 Å². The van der Waals surface area contributed by atoms with Crippen molar-refractivity contribution >= 4 is 33.0 Å². The highest BCUT2D eigenvalue weighted by Gasteiger charge is 1.99. The monoisotopic (exact) mass is 325 g/mol. The number of nitrogens with one attached hydrogen (secondary N) is 1. The number of rotatable bonds is 5. The van der Waals surface area contributed by atoms with Gasteiger partial charge in [0, 0.05) is 35.1 Å². The first-order valence-electron chi connectivity index (χ1n) is 5.80. The van der Waals surface area contributed by atoms with E-state index in [1.807, 2.05) is 19.1 Å². The van der Waals surface area contributed by atoms with Crippen LogP contribution in [0.25, 0.3) is 0 Å². The van der Waals surface area contributed by atoms with Crippen LogP contribution >= 0.6 is 27.3 Å². The van der Waals surface area contributed by atoms with Gasteiger partial charge in [-0.15, -0.1) is 11.3 Å². The van der Waals surface area contributed by atoms with Crippen molar-refractivity contribution in [1.82, 2.24) is 10.3 Å². The van der Waals surface area contributed by atoms with E-state index in [4.69, 9.17) is 5.73 Å². The van der Waals surface area contributed by atoms with Gasteiger partial charge in [-0.1, -0.05) is 15.9 Å². The average molecular weight is 326 g/mol. The number of hydrogen-bond acceptors (Lipinski definition) is 4. The van der Waals surface area contributed by atoms with Crippen molar-refractivity contribution in [2.75, 3.05) is 12.3 Å². The standard InChI is InChI=1S/C13H16BrN3S/c1-9-17-13(8-18-9)2-3-16-7-10-4-11(14)6-12(15)5-10/h4-6,8,16H,2-3,7,15H2,1H3. The van der Waals surface area contributed by atoms with E-state index in [-0.39, 0.29) is 0 Å². The first kappa shape index (κ1) is 13.5. The van der Waals surface area contributed by atoms with Gasteiger partial charge in [0.05, 0.1) is 10.7 Å². The lowest BCUT2D eigenvalue weighted by Gasteiger charge is -2.05. The van der Waals surface area contributed by atoms with Gasteiger partial charge in [0.25, 0.3) is 0 Å². The lowest BCUT2D eigenvalue weighted by molar-refractivity contribution is 0.681. The second kappa shape index (κ2) is 6.31. The summed E-state index contributed by atoms with van der Waals surface area (Å²) in [7, 11) is 0. The van der Waals surface area contributed by atoms with Crippen molar-refractivity contribution in [3.05, 3.63) is 44.3 Å². The smallest absolute Gasteiger partial charge is 0.0897 e. The van der Waals surface area contributed by atoms with Crippen molar-refractivity contribution in [2.45, 2.75) is 19.9 Å². The van der Waals surface area contributed by atoms with E-state index in [1.54, 1.807) is 11.3 Å². The Morgan fingerprint density at radius 1 is 1.39 bits per heavy atom. The van der Waals surface area contributed by atoms with Crippen LogP contribution in [0, 0.1) is 6.92 Å². The number of halogens is 1. The van der Waals surface area contributed by atoms with Gasteiger partial charge in [0.15, 0.2) is 0 Å². The van der Waals surface area contributed by atoms with E-state index in [0.29, 0.717) is 0 Å². The van der Waals surface area contributed by atoms with Gasteiger partial charge in [0.1, 0.15) is 0 Å². The van der Waals surface area contributed by atoms with Crippen molar-refractivity contribution in [3.8, 4) is 0 Å². The van der Waals surface area contributed by atoms with Gasteiger partial charge in [-0.25, -0.2) is 4.98 Å². The fourth-order valence-electron chi connectivity index (χ4n) is 1.75. The number of aromatic nitrogens is 1. The summed E-state index contributed by atoms with van der Waals surface area (Å²) in [5.74, 6) is 0. The predicted molar refractivity (Wildman–Crippen MR) is 80.8 cm³/mol. The SMILES string of the molecule is Cc1nc(CCNCc2cc(N)cc(Br)c2)cs1. The first-order chi connectivity index (χ1) is 8.63. The van der Waals surface area contributed by atoms with E-state index in [2.05, 4.69) is 37.7 Å². The van der Waals surface area contributed by atoms with E-state index >= 15 is 0 Å². The molecule has 2 rings (SSSR count). The molecule has 1 heterocycles. The number of thiazole rings is 1. The number of nitrogen functional groups attached to an aromatic ring is 1. The molecule has 0 saturated heterocycles. The van der Waals surface area contributed by atoms with E-state index < -0.39 is 0 Å². The molecule has 0 aliphatic carbocycles. The summed E-state index contributed by atoms with van der Waals surface area (Å²) in [5, 5.41) is 6.65. The minimum Gasteiger partial charge on any atom is -0.399 e. The molecule has 3 nitrogen and oxygen atoms in total. The predicted octanol–water partition coefficient (Wildman–Crippen LogP) is 3.13. The molecule has 0 unspecified atom stereocenters. The Balaban J connectivity index is 1.78. The summed E-state index contributed by atoms with van der Waals surface area (Å²) in [6, 6.07) is 5.97. The molecule has 18 heavy (non-hydrogen) atoms. The Labute approximate surface area is 120 Å². The molecule has 2 aromatic rings. The first-order valence-corrected chi connectivity index (χ1v) is 7.47. The number of nitrogens with two attached hydrogens (primary N) is 1. The molecule has 0 spiro atoms. The van der Waals surface area contributed by atoms with Crippen LogP contribution in [0.2, 0.25) is 0 Å². The molecule has 5 heteroatoms. The fourth-order valence-corrected chi connectivity index (χ4v) is 2.96. The lowest BCUT2D eigenvalue weighted by atomic mass is 10.2. The Morgan fingerprint density at radius 3 is 2.89 bits per heavy atom. The number of benzene rings is 1. The highest BCUT2D eigenvalue weighted by atomic mass is 79.9. The summed E-state index contributed by atoms with van der Waals surface area (Å²) in [6.45, 7) is 3.79. The highest BCUT2D eigenvalue weighted by molar-refractivity contribution is 9.10. The molecule has 0 radical (unpaired) electrons. The summed E-state index contributed by atoms with van der Waals surface area (Å²) < 4.78 is 1.02. The van der Waals surface area contributed by atoms with Gasteiger partial charge in [-0.2, -0.15) is 0 Å². The zero-order valence-corrected chi connectivity index (χ0v) is 12.6. The maximum atomic E-state index is 5.79. The number of anilines is 1. The molecule has 1 aromatic heterocycles. The van der Waals surface area contributed by atoms with Crippen molar-refractivity contribution < 1.29 is 0 Å². The van der Waals surface area contributed by atoms with Crippen molar-refractivity contribution in [2.24, 2.45) is 0 Å². The molecule has 96 valence electrons. The Hall–Kier alpha value is -0.910. The third-order valence-electron chi connectivity index (χ3n) is 2.53. The molecule has 0 bridgehead atoms. The topological polar surface area (TPSA) is 50.9 Å².